The second kappa shape index (κ2) is 4.57. The fraction of sp³-hybridized carbons (Fsp3) is 0.333. The standard InChI is InChI=1S/C8H9NO3.CH4/c1-5-8(12)7(4-11)6(3-10)2-9-5;/h2,4,10,12H,3H2,1H3;1H4. The number of carbonyl (C=O) groups excluding carboxylic acids is 1. The minimum atomic E-state index is -0.297. The van der Waals surface area contributed by atoms with Crippen LogP contribution >= 0.6 is 0 Å². The molecule has 2 N–H and O–H groups in total. The summed E-state index contributed by atoms with van der Waals surface area (Å²) in [6, 6.07) is 0. The summed E-state index contributed by atoms with van der Waals surface area (Å²) in [6.07, 6.45) is 1.88. The Morgan fingerprint density at radius 3 is 2.69 bits per heavy atom. The van der Waals surface area contributed by atoms with Gasteiger partial charge in [0.2, 0.25) is 0 Å². The van der Waals surface area contributed by atoms with Crippen LogP contribution in [0.5, 0.6) is 5.75 Å². The molecule has 0 amide bonds. The Balaban J connectivity index is 0.00000144. The van der Waals surface area contributed by atoms with Gasteiger partial charge in [0.1, 0.15) is 5.75 Å². The molecule has 1 aromatic heterocycles. The van der Waals surface area contributed by atoms with Crippen LogP contribution in [0.4, 0.5) is 0 Å². The summed E-state index contributed by atoms with van der Waals surface area (Å²) >= 11 is 0. The summed E-state index contributed by atoms with van der Waals surface area (Å²) in [4.78, 5) is 14.2. The van der Waals surface area contributed by atoms with E-state index in [2.05, 4.69) is 4.98 Å². The van der Waals surface area contributed by atoms with Gasteiger partial charge < -0.3 is 10.2 Å². The van der Waals surface area contributed by atoms with Gasteiger partial charge in [-0.05, 0) is 6.92 Å². The zero-order valence-corrected chi connectivity index (χ0v) is 6.61. The fourth-order valence-electron chi connectivity index (χ4n) is 0.910. The highest BCUT2D eigenvalue weighted by atomic mass is 16.3. The molecule has 0 bridgehead atoms. The topological polar surface area (TPSA) is 70.4 Å². The first-order chi connectivity index (χ1) is 5.70. The number of aldehydes is 1. The lowest BCUT2D eigenvalue weighted by Crippen LogP contribution is -1.96. The highest BCUT2D eigenvalue weighted by Crippen LogP contribution is 2.21. The van der Waals surface area contributed by atoms with Crippen molar-refractivity contribution in [1.29, 1.82) is 0 Å². The third-order valence-corrected chi connectivity index (χ3v) is 1.65. The Kier molecular flexibility index (Phi) is 4.07. The second-order valence-electron chi connectivity index (χ2n) is 2.41. The molecule has 13 heavy (non-hydrogen) atoms. The maximum Gasteiger partial charge on any atom is 0.154 e. The van der Waals surface area contributed by atoms with Crippen LogP contribution in [-0.2, 0) is 6.61 Å². The Labute approximate surface area is 76.9 Å². The minimum absolute atomic E-state index is 0. The number of aliphatic hydroxyl groups is 1. The largest absolute Gasteiger partial charge is 0.505 e. The number of aromatic hydroxyl groups is 1. The zero-order valence-electron chi connectivity index (χ0n) is 6.61. The molecule has 1 rings (SSSR count). The summed E-state index contributed by atoms with van der Waals surface area (Å²) in [5, 5.41) is 18.1. The molecule has 0 unspecified atom stereocenters. The molecular weight excluding hydrogens is 170 g/mol. The van der Waals surface area contributed by atoms with Crippen molar-refractivity contribution in [3.63, 3.8) is 0 Å². The molecule has 0 saturated carbocycles. The molecule has 0 atom stereocenters. The van der Waals surface area contributed by atoms with E-state index in [0.29, 0.717) is 17.5 Å². The van der Waals surface area contributed by atoms with Gasteiger partial charge in [-0.3, -0.25) is 9.78 Å². The van der Waals surface area contributed by atoms with E-state index in [1.165, 1.54) is 6.20 Å². The summed E-state index contributed by atoms with van der Waals surface area (Å²) in [6.45, 7) is 1.29. The fourth-order valence-corrected chi connectivity index (χ4v) is 0.910. The Hall–Kier alpha value is -1.42. The van der Waals surface area contributed by atoms with Crippen molar-refractivity contribution in [1.82, 2.24) is 4.98 Å². The molecule has 1 heterocycles. The van der Waals surface area contributed by atoms with Crippen molar-refractivity contribution in [2.75, 3.05) is 0 Å². The predicted octanol–water partition coefficient (Wildman–Crippen LogP) is 1.04. The lowest BCUT2D eigenvalue weighted by Gasteiger charge is -2.04. The maximum absolute atomic E-state index is 10.5. The first-order valence-corrected chi connectivity index (χ1v) is 3.44. The summed E-state index contributed by atoms with van der Waals surface area (Å²) in [5.74, 6) is -0.156. The average molecular weight is 183 g/mol. The van der Waals surface area contributed by atoms with Crippen molar-refractivity contribution in [3.8, 4) is 5.75 Å². The summed E-state index contributed by atoms with van der Waals surface area (Å²) in [7, 11) is 0. The van der Waals surface area contributed by atoms with E-state index in [1.54, 1.807) is 6.92 Å². The highest BCUT2D eigenvalue weighted by Gasteiger charge is 2.09. The van der Waals surface area contributed by atoms with Crippen LogP contribution in [0.15, 0.2) is 6.20 Å². The number of aliphatic hydroxyl groups excluding tert-OH is 1. The number of carbonyl (C=O) groups is 1. The number of rotatable bonds is 2. The van der Waals surface area contributed by atoms with Crippen LogP contribution in [0.3, 0.4) is 0 Å². The molecule has 0 aliphatic carbocycles. The Morgan fingerprint density at radius 2 is 2.23 bits per heavy atom. The quantitative estimate of drug-likeness (QED) is 0.672. The van der Waals surface area contributed by atoms with Gasteiger partial charge >= 0.3 is 0 Å². The monoisotopic (exact) mass is 183 g/mol. The molecule has 0 aliphatic heterocycles. The van der Waals surface area contributed by atoms with Gasteiger partial charge in [-0.15, -0.1) is 0 Å². The van der Waals surface area contributed by atoms with E-state index in [4.69, 9.17) is 5.11 Å². The van der Waals surface area contributed by atoms with Crippen LogP contribution in [0, 0.1) is 6.92 Å². The lowest BCUT2D eigenvalue weighted by molar-refractivity contribution is 0.111. The SMILES string of the molecule is C.Cc1ncc(CO)c(C=O)c1O. The van der Waals surface area contributed by atoms with Crippen molar-refractivity contribution >= 4 is 6.29 Å². The number of aryl methyl sites for hydroxylation is 1. The second-order valence-corrected chi connectivity index (χ2v) is 2.41. The van der Waals surface area contributed by atoms with Gasteiger partial charge in [0.25, 0.3) is 0 Å². The van der Waals surface area contributed by atoms with E-state index in [1.807, 2.05) is 0 Å². The van der Waals surface area contributed by atoms with Crippen LogP contribution in [0.25, 0.3) is 0 Å². The van der Waals surface area contributed by atoms with Gasteiger partial charge in [0, 0.05) is 11.8 Å². The maximum atomic E-state index is 10.5. The number of nitrogens with zero attached hydrogens (tertiary/aromatic N) is 1. The van der Waals surface area contributed by atoms with Gasteiger partial charge in [-0.25, -0.2) is 0 Å². The number of hydrogen-bond acceptors (Lipinski definition) is 4. The van der Waals surface area contributed by atoms with Gasteiger partial charge in [-0.2, -0.15) is 0 Å². The van der Waals surface area contributed by atoms with Crippen molar-refractivity contribution in [3.05, 3.63) is 23.0 Å². The smallest absolute Gasteiger partial charge is 0.154 e. The Morgan fingerprint density at radius 1 is 1.62 bits per heavy atom. The summed E-state index contributed by atoms with van der Waals surface area (Å²) < 4.78 is 0. The average Bonchev–Trinajstić information content (AvgIpc) is 2.09. The molecule has 0 aliphatic rings. The number of pyridine rings is 1. The van der Waals surface area contributed by atoms with E-state index in [0.717, 1.165) is 0 Å². The van der Waals surface area contributed by atoms with Gasteiger partial charge in [0.05, 0.1) is 17.9 Å². The molecule has 72 valence electrons. The zero-order chi connectivity index (χ0) is 9.14. The third-order valence-electron chi connectivity index (χ3n) is 1.65. The molecule has 0 radical (unpaired) electrons. The van der Waals surface area contributed by atoms with E-state index < -0.39 is 0 Å². The van der Waals surface area contributed by atoms with Crippen molar-refractivity contribution in [2.24, 2.45) is 0 Å². The van der Waals surface area contributed by atoms with Crippen LogP contribution < -0.4 is 0 Å². The molecular formula is C9H13NO3. The lowest BCUT2D eigenvalue weighted by atomic mass is 10.1. The molecule has 0 fully saturated rings. The van der Waals surface area contributed by atoms with E-state index in [9.17, 15) is 9.90 Å². The van der Waals surface area contributed by atoms with Crippen molar-refractivity contribution < 1.29 is 15.0 Å². The van der Waals surface area contributed by atoms with E-state index in [-0.39, 0.29) is 25.3 Å². The minimum Gasteiger partial charge on any atom is -0.505 e. The van der Waals surface area contributed by atoms with E-state index >= 15 is 0 Å². The van der Waals surface area contributed by atoms with Gasteiger partial charge in [-0.1, -0.05) is 7.43 Å². The third kappa shape index (κ3) is 2.03. The van der Waals surface area contributed by atoms with Crippen LogP contribution in [0.1, 0.15) is 29.0 Å². The highest BCUT2D eigenvalue weighted by molar-refractivity contribution is 5.81. The normalized spacial score (nSPS) is 9.08. The van der Waals surface area contributed by atoms with Crippen molar-refractivity contribution in [2.45, 2.75) is 21.0 Å². The first-order valence-electron chi connectivity index (χ1n) is 3.44. The summed E-state index contributed by atoms with van der Waals surface area (Å²) in [5.41, 5.74) is 0.840. The molecule has 1 aromatic rings. The van der Waals surface area contributed by atoms with Gasteiger partial charge in [0.15, 0.2) is 6.29 Å². The molecule has 0 spiro atoms. The number of hydrogen-bond donors (Lipinski definition) is 2. The first kappa shape index (κ1) is 11.6. The van der Waals surface area contributed by atoms with Crippen LogP contribution in [0.2, 0.25) is 0 Å². The molecule has 4 nitrogen and oxygen atoms in total. The molecule has 0 saturated heterocycles. The number of aromatic nitrogens is 1. The molecule has 4 heteroatoms. The predicted molar refractivity (Wildman–Crippen MR) is 48.7 cm³/mol. The molecule has 0 aromatic carbocycles. The van der Waals surface area contributed by atoms with Crippen LogP contribution in [-0.4, -0.2) is 21.5 Å². The Bertz CT molecular complexity index is 310.